The fourth-order valence-electron chi connectivity index (χ4n) is 1.96. The lowest BCUT2D eigenvalue weighted by Gasteiger charge is -2.08. The van der Waals surface area contributed by atoms with Crippen LogP contribution in [0.15, 0.2) is 30.0 Å². The van der Waals surface area contributed by atoms with E-state index in [1.54, 1.807) is 0 Å². The highest BCUT2D eigenvalue weighted by atomic mass is 14.6. The third-order valence-electron chi connectivity index (χ3n) is 2.95. The summed E-state index contributed by atoms with van der Waals surface area (Å²) in [6, 6.07) is 8.84. The van der Waals surface area contributed by atoms with Crippen molar-refractivity contribution in [2.24, 2.45) is 5.73 Å². The average molecular weight is 217 g/mol. The van der Waals surface area contributed by atoms with Crippen molar-refractivity contribution in [2.45, 2.75) is 46.5 Å². The van der Waals surface area contributed by atoms with Crippen LogP contribution in [0.25, 0.3) is 5.57 Å². The van der Waals surface area contributed by atoms with Crippen LogP contribution in [0, 0.1) is 0 Å². The highest BCUT2D eigenvalue weighted by Gasteiger charge is 2.01. The molecule has 2 N–H and O–H groups in total. The van der Waals surface area contributed by atoms with Gasteiger partial charge in [-0.2, -0.15) is 0 Å². The molecule has 0 unspecified atom stereocenters. The Morgan fingerprint density at radius 3 is 2.19 bits per heavy atom. The molecule has 0 aliphatic carbocycles. The Hall–Kier alpha value is -1.24. The van der Waals surface area contributed by atoms with Gasteiger partial charge >= 0.3 is 0 Å². The van der Waals surface area contributed by atoms with E-state index in [0.29, 0.717) is 0 Å². The van der Waals surface area contributed by atoms with Crippen molar-refractivity contribution in [3.05, 3.63) is 41.1 Å². The topological polar surface area (TPSA) is 26.0 Å². The first kappa shape index (κ1) is 12.8. The summed E-state index contributed by atoms with van der Waals surface area (Å²) in [6.07, 6.45) is 4.70. The zero-order chi connectivity index (χ0) is 12.0. The number of aryl methyl sites for hydroxylation is 1. The highest BCUT2D eigenvalue weighted by Crippen LogP contribution is 2.20. The maximum absolute atomic E-state index is 5.88. The standard InChI is InChI=1S/C15H23N/c1-4-6-7-13-8-10-14(11-9-13)15(5-2)12(3)16/h8-11H,4-7,16H2,1-3H3/b15-12-. The number of hydrogen-bond donors (Lipinski definition) is 1. The number of benzene rings is 1. The minimum atomic E-state index is 0.934. The minimum Gasteiger partial charge on any atom is -0.402 e. The summed E-state index contributed by atoms with van der Waals surface area (Å²) in [7, 11) is 0. The second kappa shape index (κ2) is 6.37. The van der Waals surface area contributed by atoms with Crippen LogP contribution in [-0.2, 0) is 6.42 Å². The van der Waals surface area contributed by atoms with Crippen LogP contribution in [0.5, 0.6) is 0 Å². The van der Waals surface area contributed by atoms with Gasteiger partial charge in [-0.3, -0.25) is 0 Å². The summed E-state index contributed by atoms with van der Waals surface area (Å²) in [5.41, 5.74) is 10.8. The van der Waals surface area contributed by atoms with Crippen molar-refractivity contribution < 1.29 is 0 Å². The molecule has 1 heteroatoms. The molecule has 0 fully saturated rings. The third kappa shape index (κ3) is 3.41. The van der Waals surface area contributed by atoms with Crippen LogP contribution in [0.1, 0.15) is 51.2 Å². The van der Waals surface area contributed by atoms with Crippen LogP contribution in [0.3, 0.4) is 0 Å². The summed E-state index contributed by atoms with van der Waals surface area (Å²) in [5, 5.41) is 0. The number of allylic oxidation sites excluding steroid dienone is 2. The molecular formula is C15H23N. The Balaban J connectivity index is 2.82. The normalized spacial score (nSPS) is 12.4. The molecule has 0 aliphatic rings. The Morgan fingerprint density at radius 2 is 1.75 bits per heavy atom. The van der Waals surface area contributed by atoms with Crippen LogP contribution < -0.4 is 5.73 Å². The summed E-state index contributed by atoms with van der Waals surface area (Å²) in [5.74, 6) is 0. The molecule has 0 atom stereocenters. The predicted octanol–water partition coefficient (Wildman–Crippen LogP) is 4.13. The van der Waals surface area contributed by atoms with Gasteiger partial charge in [0.25, 0.3) is 0 Å². The van der Waals surface area contributed by atoms with Gasteiger partial charge < -0.3 is 5.73 Å². The maximum atomic E-state index is 5.88. The van der Waals surface area contributed by atoms with Crippen LogP contribution >= 0.6 is 0 Å². The van der Waals surface area contributed by atoms with Gasteiger partial charge in [0.15, 0.2) is 0 Å². The molecule has 0 amide bonds. The summed E-state index contributed by atoms with van der Waals surface area (Å²) >= 11 is 0. The molecule has 1 nitrogen and oxygen atoms in total. The molecule has 1 aromatic carbocycles. The molecule has 88 valence electrons. The van der Waals surface area contributed by atoms with Gasteiger partial charge in [0, 0.05) is 5.70 Å². The Bertz CT molecular complexity index is 342. The van der Waals surface area contributed by atoms with Gasteiger partial charge in [-0.1, -0.05) is 44.5 Å². The number of rotatable bonds is 5. The second-order valence-electron chi connectivity index (χ2n) is 4.32. The van der Waals surface area contributed by atoms with Crippen LogP contribution in [0.4, 0.5) is 0 Å². The van der Waals surface area contributed by atoms with Crippen molar-refractivity contribution in [1.29, 1.82) is 0 Å². The number of unbranched alkanes of at least 4 members (excludes halogenated alkanes) is 1. The SMILES string of the molecule is CCCCc1ccc(/C(CC)=C(/C)N)cc1. The molecule has 0 saturated heterocycles. The molecule has 1 aromatic rings. The predicted molar refractivity (Wildman–Crippen MR) is 72.1 cm³/mol. The average Bonchev–Trinajstić information content (AvgIpc) is 2.28. The summed E-state index contributed by atoms with van der Waals surface area (Å²) < 4.78 is 0. The van der Waals surface area contributed by atoms with E-state index < -0.39 is 0 Å². The molecule has 1 rings (SSSR count). The molecule has 0 spiro atoms. The first-order valence-corrected chi connectivity index (χ1v) is 6.23. The number of nitrogens with two attached hydrogens (primary N) is 1. The summed E-state index contributed by atoms with van der Waals surface area (Å²) in [6.45, 7) is 6.35. The van der Waals surface area contributed by atoms with E-state index >= 15 is 0 Å². The minimum absolute atomic E-state index is 0.934. The first-order valence-electron chi connectivity index (χ1n) is 6.23. The molecule has 0 saturated carbocycles. The van der Waals surface area contributed by atoms with Gasteiger partial charge in [-0.25, -0.2) is 0 Å². The Kier molecular flexibility index (Phi) is 5.10. The van der Waals surface area contributed by atoms with Crippen molar-refractivity contribution in [3.63, 3.8) is 0 Å². The molecule has 0 aromatic heterocycles. The zero-order valence-electron chi connectivity index (χ0n) is 10.7. The molecular weight excluding hydrogens is 194 g/mol. The molecule has 0 bridgehead atoms. The number of hydrogen-bond acceptors (Lipinski definition) is 1. The largest absolute Gasteiger partial charge is 0.402 e. The van der Waals surface area contributed by atoms with E-state index in [1.165, 1.54) is 36.0 Å². The van der Waals surface area contributed by atoms with Crippen molar-refractivity contribution in [2.75, 3.05) is 0 Å². The van der Waals surface area contributed by atoms with Crippen molar-refractivity contribution in [1.82, 2.24) is 0 Å². The van der Waals surface area contributed by atoms with E-state index in [-0.39, 0.29) is 0 Å². The highest BCUT2D eigenvalue weighted by molar-refractivity contribution is 5.67. The second-order valence-corrected chi connectivity index (χ2v) is 4.32. The fourth-order valence-corrected chi connectivity index (χ4v) is 1.96. The van der Waals surface area contributed by atoms with E-state index in [1.807, 2.05) is 6.92 Å². The van der Waals surface area contributed by atoms with Crippen LogP contribution in [-0.4, -0.2) is 0 Å². The van der Waals surface area contributed by atoms with Gasteiger partial charge in [0.2, 0.25) is 0 Å². The Labute approximate surface area is 99.4 Å². The molecule has 16 heavy (non-hydrogen) atoms. The van der Waals surface area contributed by atoms with Gasteiger partial charge in [0.1, 0.15) is 0 Å². The lowest BCUT2D eigenvalue weighted by molar-refractivity contribution is 0.795. The lowest BCUT2D eigenvalue weighted by atomic mass is 9.99. The molecule has 0 heterocycles. The third-order valence-corrected chi connectivity index (χ3v) is 2.95. The quantitative estimate of drug-likeness (QED) is 0.788. The fraction of sp³-hybridized carbons (Fsp3) is 0.467. The Morgan fingerprint density at radius 1 is 1.12 bits per heavy atom. The monoisotopic (exact) mass is 217 g/mol. The molecule has 0 radical (unpaired) electrons. The van der Waals surface area contributed by atoms with Crippen molar-refractivity contribution in [3.8, 4) is 0 Å². The summed E-state index contributed by atoms with van der Waals surface area (Å²) in [4.78, 5) is 0. The molecule has 0 aliphatic heterocycles. The van der Waals surface area contributed by atoms with Gasteiger partial charge in [0.05, 0.1) is 0 Å². The van der Waals surface area contributed by atoms with E-state index in [2.05, 4.69) is 38.1 Å². The smallest absolute Gasteiger partial charge is 0.00873 e. The maximum Gasteiger partial charge on any atom is 0.00873 e. The zero-order valence-corrected chi connectivity index (χ0v) is 10.7. The van der Waals surface area contributed by atoms with E-state index in [4.69, 9.17) is 5.73 Å². The lowest BCUT2D eigenvalue weighted by Crippen LogP contribution is -1.97. The van der Waals surface area contributed by atoms with E-state index in [0.717, 1.165) is 12.1 Å². The van der Waals surface area contributed by atoms with Crippen molar-refractivity contribution >= 4 is 5.57 Å². The van der Waals surface area contributed by atoms with Gasteiger partial charge in [-0.05, 0) is 42.9 Å². The van der Waals surface area contributed by atoms with E-state index in [9.17, 15) is 0 Å². The first-order chi connectivity index (χ1) is 7.69. The van der Waals surface area contributed by atoms with Gasteiger partial charge in [-0.15, -0.1) is 0 Å². The van der Waals surface area contributed by atoms with Crippen LogP contribution in [0.2, 0.25) is 0 Å².